The first-order chi connectivity index (χ1) is 11.1. The molecule has 23 heavy (non-hydrogen) atoms. The summed E-state index contributed by atoms with van der Waals surface area (Å²) in [5, 5.41) is 0.683. The molecule has 0 radical (unpaired) electrons. The van der Waals surface area contributed by atoms with E-state index in [1.807, 2.05) is 0 Å². The highest BCUT2D eigenvalue weighted by atomic mass is 32.2. The van der Waals surface area contributed by atoms with E-state index in [1.54, 1.807) is 18.7 Å². The molecule has 0 bridgehead atoms. The number of likely N-dealkylation sites (tertiary alicyclic amines) is 1. The molecule has 8 heteroatoms. The molecular formula is C15H19N5O2S. The Labute approximate surface area is 137 Å². The lowest BCUT2D eigenvalue weighted by Crippen LogP contribution is -2.29. The highest BCUT2D eigenvalue weighted by molar-refractivity contribution is 7.99. The molecule has 122 valence electrons. The van der Waals surface area contributed by atoms with Crippen LogP contribution in [0.2, 0.25) is 0 Å². The van der Waals surface area contributed by atoms with Crippen LogP contribution in [0.3, 0.4) is 0 Å². The first kappa shape index (κ1) is 15.9. The molecule has 0 aliphatic carbocycles. The number of rotatable bonds is 3. The first-order valence-electron chi connectivity index (χ1n) is 7.54. The number of fused-ring (bicyclic) bond motifs is 1. The molecule has 1 aliphatic heterocycles. The van der Waals surface area contributed by atoms with Gasteiger partial charge in [-0.2, -0.15) is 0 Å². The minimum atomic E-state index is -0.456. The van der Waals surface area contributed by atoms with Crippen molar-refractivity contribution < 1.29 is 0 Å². The number of aromatic nitrogens is 4. The molecule has 3 rings (SSSR count). The summed E-state index contributed by atoms with van der Waals surface area (Å²) in [6.07, 6.45) is 2.53. The van der Waals surface area contributed by atoms with Crippen molar-refractivity contribution >= 4 is 22.9 Å². The second kappa shape index (κ2) is 6.64. The molecule has 3 heterocycles. The van der Waals surface area contributed by atoms with Gasteiger partial charge in [-0.1, -0.05) is 23.6 Å². The third-order valence-electron chi connectivity index (χ3n) is 3.99. The lowest BCUT2D eigenvalue weighted by molar-refractivity contribution is 0.383. The normalized spacial score (nSPS) is 15.0. The number of aryl methyl sites for hydroxylation is 2. The minimum Gasteiger partial charge on any atom is -0.316 e. The molecule has 0 unspecified atom stereocenters. The third-order valence-corrected chi connectivity index (χ3v) is 4.91. The van der Waals surface area contributed by atoms with Gasteiger partial charge >= 0.3 is 5.69 Å². The summed E-state index contributed by atoms with van der Waals surface area (Å²) in [6, 6.07) is 0. The molecule has 1 fully saturated rings. The standard InChI is InChI=1S/C15H19N5O2S/c1-18-11-12(19(2)14(22)17-13(11)21)16-15(18)23-10-6-5-9-20-7-3-4-8-20/h3-4,7-10H2,1-2H3,(H,17,21,22). The largest absolute Gasteiger partial charge is 0.329 e. The van der Waals surface area contributed by atoms with E-state index in [9.17, 15) is 9.59 Å². The van der Waals surface area contributed by atoms with Crippen molar-refractivity contribution in [1.82, 2.24) is 24.0 Å². The lowest BCUT2D eigenvalue weighted by Gasteiger charge is -2.08. The molecule has 0 amide bonds. The number of nitrogens with one attached hydrogen (secondary N) is 1. The van der Waals surface area contributed by atoms with E-state index in [0.717, 1.165) is 19.6 Å². The van der Waals surface area contributed by atoms with Crippen LogP contribution in [0.5, 0.6) is 0 Å². The number of hydrogen-bond acceptors (Lipinski definition) is 5. The van der Waals surface area contributed by atoms with E-state index in [1.165, 1.54) is 29.2 Å². The van der Waals surface area contributed by atoms with Crippen molar-refractivity contribution in [2.75, 3.05) is 25.4 Å². The van der Waals surface area contributed by atoms with Crippen LogP contribution >= 0.6 is 11.8 Å². The van der Waals surface area contributed by atoms with E-state index >= 15 is 0 Å². The van der Waals surface area contributed by atoms with Gasteiger partial charge in [0, 0.05) is 14.1 Å². The van der Waals surface area contributed by atoms with Gasteiger partial charge in [-0.05, 0) is 25.9 Å². The topological polar surface area (TPSA) is 75.9 Å². The monoisotopic (exact) mass is 333 g/mol. The number of nitrogens with zero attached hydrogens (tertiary/aromatic N) is 4. The fourth-order valence-corrected chi connectivity index (χ4v) is 3.42. The zero-order chi connectivity index (χ0) is 16.4. The highest BCUT2D eigenvalue weighted by Gasteiger charge is 2.14. The number of aromatic amines is 1. The molecule has 1 N–H and O–H groups in total. The number of thioether (sulfide) groups is 1. The summed E-state index contributed by atoms with van der Waals surface area (Å²) in [5.41, 5.74) is -0.0685. The summed E-state index contributed by atoms with van der Waals surface area (Å²) < 4.78 is 3.06. The average Bonchev–Trinajstić information content (AvgIpc) is 3.13. The van der Waals surface area contributed by atoms with Crippen LogP contribution in [0.15, 0.2) is 14.7 Å². The van der Waals surface area contributed by atoms with Gasteiger partial charge in [0.25, 0.3) is 5.56 Å². The van der Waals surface area contributed by atoms with Crippen LogP contribution in [0.1, 0.15) is 12.8 Å². The number of H-pyrrole nitrogens is 1. The van der Waals surface area contributed by atoms with Crippen LogP contribution in [0, 0.1) is 11.8 Å². The fraction of sp³-hybridized carbons (Fsp3) is 0.533. The van der Waals surface area contributed by atoms with Gasteiger partial charge in [-0.15, -0.1) is 0 Å². The zero-order valence-electron chi connectivity index (χ0n) is 13.3. The molecule has 0 saturated carbocycles. The van der Waals surface area contributed by atoms with Crippen molar-refractivity contribution in [2.24, 2.45) is 14.1 Å². The Bertz CT molecular complexity index is 893. The van der Waals surface area contributed by atoms with Gasteiger partial charge in [0.05, 0.1) is 12.3 Å². The molecule has 2 aromatic rings. The molecule has 1 aliphatic rings. The fourth-order valence-electron chi connectivity index (χ4n) is 2.68. The smallest absolute Gasteiger partial charge is 0.316 e. The maximum Gasteiger partial charge on any atom is 0.329 e. The molecule has 0 atom stereocenters. The molecule has 7 nitrogen and oxygen atoms in total. The predicted molar refractivity (Wildman–Crippen MR) is 90.7 cm³/mol. The summed E-state index contributed by atoms with van der Waals surface area (Å²) in [5.74, 6) is 6.92. The lowest BCUT2D eigenvalue weighted by atomic mass is 10.4. The van der Waals surface area contributed by atoms with Gasteiger partial charge < -0.3 is 4.57 Å². The summed E-state index contributed by atoms with van der Waals surface area (Å²) in [7, 11) is 3.37. The van der Waals surface area contributed by atoms with Gasteiger partial charge in [0.15, 0.2) is 16.3 Å². The van der Waals surface area contributed by atoms with Gasteiger partial charge in [-0.25, -0.2) is 9.78 Å². The maximum atomic E-state index is 11.9. The SMILES string of the molecule is Cn1c(SCC#CCN2CCCC2)nc2c1c(=O)[nH]c(=O)n2C. The second-order valence-corrected chi connectivity index (χ2v) is 6.51. The van der Waals surface area contributed by atoms with E-state index in [2.05, 4.69) is 26.7 Å². The number of imidazole rings is 1. The first-order valence-corrected chi connectivity index (χ1v) is 8.53. The van der Waals surface area contributed by atoms with Crippen LogP contribution in [0.4, 0.5) is 0 Å². The van der Waals surface area contributed by atoms with Crippen molar-refractivity contribution in [3.63, 3.8) is 0 Å². The maximum absolute atomic E-state index is 11.9. The van der Waals surface area contributed by atoms with Crippen LogP contribution in [0.25, 0.3) is 11.2 Å². The average molecular weight is 333 g/mol. The summed E-state index contributed by atoms with van der Waals surface area (Å²) in [6.45, 7) is 3.10. The Hall–Kier alpha value is -1.98. The predicted octanol–water partition coefficient (Wildman–Crippen LogP) is 0.152. The highest BCUT2D eigenvalue weighted by Crippen LogP contribution is 2.19. The van der Waals surface area contributed by atoms with Gasteiger partial charge in [0.1, 0.15) is 0 Å². The summed E-state index contributed by atoms with van der Waals surface area (Å²) in [4.78, 5) is 32.6. The van der Waals surface area contributed by atoms with Crippen molar-refractivity contribution in [1.29, 1.82) is 0 Å². The van der Waals surface area contributed by atoms with E-state index in [0.29, 0.717) is 22.1 Å². The van der Waals surface area contributed by atoms with Crippen LogP contribution in [-0.4, -0.2) is 49.4 Å². The summed E-state index contributed by atoms with van der Waals surface area (Å²) >= 11 is 1.47. The molecule has 0 spiro atoms. The van der Waals surface area contributed by atoms with Crippen LogP contribution < -0.4 is 11.2 Å². The second-order valence-electron chi connectivity index (χ2n) is 5.57. The molecule has 0 aromatic carbocycles. The Morgan fingerprint density at radius 2 is 1.91 bits per heavy atom. The molecule has 1 saturated heterocycles. The van der Waals surface area contributed by atoms with Gasteiger partial charge in [0.2, 0.25) is 0 Å². The van der Waals surface area contributed by atoms with E-state index < -0.39 is 11.2 Å². The quantitative estimate of drug-likeness (QED) is 0.639. The number of hydrogen-bond donors (Lipinski definition) is 1. The van der Waals surface area contributed by atoms with Crippen molar-refractivity contribution in [3.05, 3.63) is 20.8 Å². The zero-order valence-corrected chi connectivity index (χ0v) is 14.1. The molecule has 2 aromatic heterocycles. The van der Waals surface area contributed by atoms with Crippen LogP contribution in [-0.2, 0) is 14.1 Å². The third kappa shape index (κ3) is 3.21. The molecular weight excluding hydrogens is 314 g/mol. The Kier molecular flexibility index (Phi) is 4.59. The van der Waals surface area contributed by atoms with Crippen molar-refractivity contribution in [3.8, 4) is 11.8 Å². The minimum absolute atomic E-state index is 0.397. The Balaban J connectivity index is 1.73. The Morgan fingerprint density at radius 1 is 1.17 bits per heavy atom. The Morgan fingerprint density at radius 3 is 2.65 bits per heavy atom. The van der Waals surface area contributed by atoms with Crippen molar-refractivity contribution in [2.45, 2.75) is 18.0 Å². The van der Waals surface area contributed by atoms with E-state index in [4.69, 9.17) is 0 Å². The van der Waals surface area contributed by atoms with E-state index in [-0.39, 0.29) is 0 Å². The van der Waals surface area contributed by atoms with Gasteiger partial charge in [-0.3, -0.25) is 19.2 Å².